The highest BCUT2D eigenvalue weighted by Crippen LogP contribution is 2.29. The molecule has 4 rings (SSSR count). The van der Waals surface area contributed by atoms with Crippen LogP contribution in [0.2, 0.25) is 0 Å². The van der Waals surface area contributed by atoms with Gasteiger partial charge in [-0.25, -0.2) is 9.97 Å². The summed E-state index contributed by atoms with van der Waals surface area (Å²) in [6, 6.07) is 8.61. The summed E-state index contributed by atoms with van der Waals surface area (Å²) in [6.07, 6.45) is 5.72. The zero-order chi connectivity index (χ0) is 14.8. The Bertz CT molecular complexity index is 655. The van der Waals surface area contributed by atoms with E-state index in [1.807, 2.05) is 0 Å². The van der Waals surface area contributed by atoms with Crippen molar-refractivity contribution in [3.8, 4) is 5.88 Å². The molecule has 1 unspecified atom stereocenters. The maximum atomic E-state index is 6.07. The summed E-state index contributed by atoms with van der Waals surface area (Å²) in [5.74, 6) is 1.53. The summed E-state index contributed by atoms with van der Waals surface area (Å²) >= 11 is 0. The van der Waals surface area contributed by atoms with E-state index in [-0.39, 0.29) is 6.10 Å². The molecule has 22 heavy (non-hydrogen) atoms. The minimum Gasteiger partial charge on any atom is -0.470 e. The topological polar surface area (TPSA) is 50.3 Å². The summed E-state index contributed by atoms with van der Waals surface area (Å²) in [4.78, 5) is 11.2. The molecule has 1 aromatic carbocycles. The Morgan fingerprint density at radius 1 is 1.14 bits per heavy atom. The van der Waals surface area contributed by atoms with Crippen LogP contribution in [0.5, 0.6) is 5.88 Å². The summed E-state index contributed by atoms with van der Waals surface area (Å²) < 4.78 is 6.07. The van der Waals surface area contributed by atoms with Crippen molar-refractivity contribution in [2.45, 2.75) is 25.5 Å². The molecule has 5 nitrogen and oxygen atoms in total. The van der Waals surface area contributed by atoms with E-state index < -0.39 is 0 Å². The van der Waals surface area contributed by atoms with Gasteiger partial charge in [0.15, 0.2) is 5.82 Å². The second-order valence-electron chi connectivity index (χ2n) is 5.86. The second-order valence-corrected chi connectivity index (χ2v) is 5.86. The number of ether oxygens (including phenoxy) is 1. The van der Waals surface area contributed by atoms with Crippen LogP contribution in [0.1, 0.15) is 17.5 Å². The van der Waals surface area contributed by atoms with E-state index >= 15 is 0 Å². The minimum absolute atomic E-state index is 0.201. The molecule has 1 fully saturated rings. The third kappa shape index (κ3) is 2.64. The van der Waals surface area contributed by atoms with Gasteiger partial charge in [-0.3, -0.25) is 0 Å². The molecular weight excluding hydrogens is 276 g/mol. The van der Waals surface area contributed by atoms with Gasteiger partial charge in [0.05, 0.1) is 0 Å². The molecule has 1 aromatic heterocycles. The Morgan fingerprint density at radius 2 is 2.00 bits per heavy atom. The summed E-state index contributed by atoms with van der Waals surface area (Å²) in [5.41, 5.74) is 2.80. The maximum Gasteiger partial charge on any atom is 0.257 e. The monoisotopic (exact) mass is 296 g/mol. The first kappa shape index (κ1) is 13.5. The van der Waals surface area contributed by atoms with E-state index in [4.69, 9.17) is 4.74 Å². The van der Waals surface area contributed by atoms with Gasteiger partial charge in [-0.1, -0.05) is 24.3 Å². The number of hydrogen-bond donors (Lipinski definition) is 1. The SMILES string of the molecule is c1ccc2c(c1)CCN(c1nccnc1OC1CCNC1)C2. The highest BCUT2D eigenvalue weighted by molar-refractivity contribution is 5.50. The van der Waals surface area contributed by atoms with E-state index in [9.17, 15) is 0 Å². The van der Waals surface area contributed by atoms with Gasteiger partial charge in [0.1, 0.15) is 6.10 Å². The van der Waals surface area contributed by atoms with Crippen LogP contribution in [-0.2, 0) is 13.0 Å². The molecule has 3 heterocycles. The molecule has 0 spiro atoms. The molecule has 1 N–H and O–H groups in total. The predicted octanol–water partition coefficient (Wildman–Crippen LogP) is 1.78. The highest BCUT2D eigenvalue weighted by atomic mass is 16.5. The number of hydrogen-bond acceptors (Lipinski definition) is 5. The lowest BCUT2D eigenvalue weighted by Gasteiger charge is -2.30. The van der Waals surface area contributed by atoms with Crippen molar-refractivity contribution in [1.82, 2.24) is 15.3 Å². The number of nitrogens with one attached hydrogen (secondary N) is 1. The fourth-order valence-electron chi connectivity index (χ4n) is 3.18. The summed E-state index contributed by atoms with van der Waals surface area (Å²) in [7, 11) is 0. The minimum atomic E-state index is 0.201. The van der Waals surface area contributed by atoms with Gasteiger partial charge in [0.25, 0.3) is 5.88 Å². The number of rotatable bonds is 3. The Labute approximate surface area is 130 Å². The van der Waals surface area contributed by atoms with Crippen LogP contribution in [0.15, 0.2) is 36.7 Å². The van der Waals surface area contributed by atoms with Crippen LogP contribution >= 0.6 is 0 Å². The van der Waals surface area contributed by atoms with Gasteiger partial charge < -0.3 is 15.0 Å². The number of anilines is 1. The standard InChI is InChI=1S/C17H20N4O/c1-2-4-14-12-21(10-6-13(14)3-1)16-17(20-9-8-19-16)22-15-5-7-18-11-15/h1-4,8-9,15,18H,5-7,10-12H2. The van der Waals surface area contributed by atoms with Crippen molar-refractivity contribution in [2.75, 3.05) is 24.5 Å². The van der Waals surface area contributed by atoms with Gasteiger partial charge in [-0.15, -0.1) is 0 Å². The largest absolute Gasteiger partial charge is 0.470 e. The Kier molecular flexibility index (Phi) is 3.64. The van der Waals surface area contributed by atoms with E-state index in [1.54, 1.807) is 12.4 Å². The average Bonchev–Trinajstić information content (AvgIpc) is 3.08. The molecule has 2 aliphatic heterocycles. The Morgan fingerprint density at radius 3 is 2.86 bits per heavy atom. The van der Waals surface area contributed by atoms with Crippen LogP contribution in [0, 0.1) is 0 Å². The molecule has 5 heteroatoms. The van der Waals surface area contributed by atoms with E-state index in [2.05, 4.69) is 44.5 Å². The molecular formula is C17H20N4O. The van der Waals surface area contributed by atoms with E-state index in [0.717, 1.165) is 44.8 Å². The molecule has 0 saturated carbocycles. The smallest absolute Gasteiger partial charge is 0.257 e. The fraction of sp³-hybridized carbons (Fsp3) is 0.412. The summed E-state index contributed by atoms with van der Waals surface area (Å²) in [5, 5.41) is 3.32. The van der Waals surface area contributed by atoms with Crippen molar-refractivity contribution < 1.29 is 4.74 Å². The molecule has 0 bridgehead atoms. The Balaban J connectivity index is 1.57. The zero-order valence-electron chi connectivity index (χ0n) is 12.5. The highest BCUT2D eigenvalue weighted by Gasteiger charge is 2.23. The molecule has 114 valence electrons. The van der Waals surface area contributed by atoms with E-state index in [1.165, 1.54) is 11.1 Å². The van der Waals surface area contributed by atoms with Crippen molar-refractivity contribution >= 4 is 5.82 Å². The third-order valence-electron chi connectivity index (χ3n) is 4.37. The van der Waals surface area contributed by atoms with Gasteiger partial charge in [-0.2, -0.15) is 0 Å². The van der Waals surface area contributed by atoms with E-state index in [0.29, 0.717) is 5.88 Å². The third-order valence-corrected chi connectivity index (χ3v) is 4.37. The first-order valence-corrected chi connectivity index (χ1v) is 7.90. The van der Waals surface area contributed by atoms with Crippen LogP contribution in [0.25, 0.3) is 0 Å². The first-order valence-electron chi connectivity index (χ1n) is 7.90. The van der Waals surface area contributed by atoms with Crippen LogP contribution in [-0.4, -0.2) is 35.7 Å². The van der Waals surface area contributed by atoms with Crippen LogP contribution < -0.4 is 15.0 Å². The lowest BCUT2D eigenvalue weighted by Crippen LogP contribution is -2.32. The molecule has 2 aliphatic rings. The predicted molar refractivity (Wildman–Crippen MR) is 85.1 cm³/mol. The number of fused-ring (bicyclic) bond motifs is 1. The molecule has 0 aliphatic carbocycles. The lowest BCUT2D eigenvalue weighted by molar-refractivity contribution is 0.213. The maximum absolute atomic E-state index is 6.07. The van der Waals surface area contributed by atoms with Crippen molar-refractivity contribution in [3.05, 3.63) is 47.8 Å². The summed E-state index contributed by atoms with van der Waals surface area (Å²) in [6.45, 7) is 3.72. The molecule has 0 radical (unpaired) electrons. The lowest BCUT2D eigenvalue weighted by atomic mass is 10.00. The quantitative estimate of drug-likeness (QED) is 0.935. The van der Waals surface area contributed by atoms with Crippen LogP contribution in [0.4, 0.5) is 5.82 Å². The average molecular weight is 296 g/mol. The number of benzene rings is 1. The Hall–Kier alpha value is -2.14. The number of aromatic nitrogens is 2. The van der Waals surface area contributed by atoms with Crippen LogP contribution in [0.3, 0.4) is 0 Å². The normalized spacial score (nSPS) is 20.7. The first-order chi connectivity index (χ1) is 10.9. The zero-order valence-corrected chi connectivity index (χ0v) is 12.5. The molecule has 0 amide bonds. The van der Waals surface area contributed by atoms with Gasteiger partial charge >= 0.3 is 0 Å². The second kappa shape index (κ2) is 5.93. The van der Waals surface area contributed by atoms with Gasteiger partial charge in [0.2, 0.25) is 0 Å². The van der Waals surface area contributed by atoms with Crippen molar-refractivity contribution in [1.29, 1.82) is 0 Å². The van der Waals surface area contributed by atoms with Crippen molar-refractivity contribution in [3.63, 3.8) is 0 Å². The van der Waals surface area contributed by atoms with Gasteiger partial charge in [-0.05, 0) is 30.5 Å². The molecule has 1 saturated heterocycles. The van der Waals surface area contributed by atoms with Gasteiger partial charge in [0, 0.05) is 32.0 Å². The molecule has 1 atom stereocenters. The molecule has 2 aromatic rings. The number of nitrogens with zero attached hydrogens (tertiary/aromatic N) is 3. The van der Waals surface area contributed by atoms with Crippen molar-refractivity contribution in [2.24, 2.45) is 0 Å². The fourth-order valence-corrected chi connectivity index (χ4v) is 3.18.